The van der Waals surface area contributed by atoms with Crippen molar-refractivity contribution in [2.75, 3.05) is 0 Å². The minimum atomic E-state index is 1.22. The van der Waals surface area contributed by atoms with Crippen molar-refractivity contribution in [3.8, 4) is 44.5 Å². The molecule has 0 heteroatoms. The van der Waals surface area contributed by atoms with E-state index in [1.165, 1.54) is 87.6 Å². The maximum Gasteiger partial charge on any atom is -0.00201 e. The van der Waals surface area contributed by atoms with Crippen molar-refractivity contribution in [2.24, 2.45) is 0 Å². The van der Waals surface area contributed by atoms with Gasteiger partial charge in [-0.1, -0.05) is 170 Å². The molecule has 0 aliphatic heterocycles. The summed E-state index contributed by atoms with van der Waals surface area (Å²) in [6.45, 7) is 0. The molecule has 0 spiro atoms. The van der Waals surface area contributed by atoms with Crippen LogP contribution in [0.1, 0.15) is 0 Å². The van der Waals surface area contributed by atoms with E-state index in [9.17, 15) is 0 Å². The first-order chi connectivity index (χ1) is 22.8. The molecule has 0 amide bonds. The third-order valence-corrected chi connectivity index (χ3v) is 9.44. The van der Waals surface area contributed by atoms with E-state index in [4.69, 9.17) is 0 Å². The van der Waals surface area contributed by atoms with Crippen LogP contribution in [0.5, 0.6) is 0 Å². The highest BCUT2D eigenvalue weighted by molar-refractivity contribution is 6.23. The Bertz CT molecular complexity index is 2520. The van der Waals surface area contributed by atoms with E-state index in [1.807, 2.05) is 0 Å². The zero-order valence-electron chi connectivity index (χ0n) is 25.3. The van der Waals surface area contributed by atoms with Gasteiger partial charge in [-0.15, -0.1) is 0 Å². The van der Waals surface area contributed by atoms with E-state index in [0.29, 0.717) is 0 Å². The maximum atomic E-state index is 2.38. The Hall–Kier alpha value is -5.98. The lowest BCUT2D eigenvalue weighted by molar-refractivity contribution is 1.59. The van der Waals surface area contributed by atoms with Gasteiger partial charge in [-0.3, -0.25) is 0 Å². The van der Waals surface area contributed by atoms with Gasteiger partial charge in [-0.05, 0) is 99.7 Å². The molecule has 0 saturated heterocycles. The molecule has 46 heavy (non-hydrogen) atoms. The van der Waals surface area contributed by atoms with Crippen LogP contribution in [0.3, 0.4) is 0 Å². The highest BCUT2D eigenvalue weighted by atomic mass is 14.2. The second-order valence-corrected chi connectivity index (χ2v) is 12.1. The van der Waals surface area contributed by atoms with Gasteiger partial charge in [0.05, 0.1) is 0 Å². The summed E-state index contributed by atoms with van der Waals surface area (Å²) in [5, 5.41) is 10.1. The molecule has 0 atom stereocenters. The van der Waals surface area contributed by atoms with Gasteiger partial charge in [0.15, 0.2) is 0 Å². The van der Waals surface area contributed by atoms with Crippen LogP contribution in [0.15, 0.2) is 182 Å². The quantitative estimate of drug-likeness (QED) is 0.181. The molecular weight excluding hydrogens is 553 g/mol. The Balaban J connectivity index is 1.28. The molecule has 0 unspecified atom stereocenters. The first-order valence-electron chi connectivity index (χ1n) is 15.9. The topological polar surface area (TPSA) is 0 Å². The zero-order chi connectivity index (χ0) is 30.5. The number of rotatable bonds is 4. The summed E-state index contributed by atoms with van der Waals surface area (Å²) in [5.74, 6) is 0. The Morgan fingerprint density at radius 2 is 0.674 bits per heavy atom. The fourth-order valence-electron chi connectivity index (χ4n) is 7.36. The monoisotopic (exact) mass is 582 g/mol. The first kappa shape index (κ1) is 26.4. The highest BCUT2D eigenvalue weighted by Crippen LogP contribution is 2.46. The summed E-state index contributed by atoms with van der Waals surface area (Å²) in [4.78, 5) is 0. The van der Waals surface area contributed by atoms with Crippen LogP contribution in [0.2, 0.25) is 0 Å². The number of fused-ring (bicyclic) bond motifs is 4. The van der Waals surface area contributed by atoms with Gasteiger partial charge < -0.3 is 0 Å². The SMILES string of the molecule is c1cc(-c2ccccc2-c2ccc3ccccc3c2)cc(-c2c3ccccc3c(-c3cccc4ccccc34)c3ccccc23)c1. The molecule has 0 N–H and O–H groups in total. The van der Waals surface area contributed by atoms with Crippen LogP contribution in [0.25, 0.3) is 87.6 Å². The van der Waals surface area contributed by atoms with Gasteiger partial charge in [0, 0.05) is 0 Å². The lowest BCUT2D eigenvalue weighted by Gasteiger charge is -2.19. The fourth-order valence-corrected chi connectivity index (χ4v) is 7.36. The Kier molecular flexibility index (Phi) is 6.25. The summed E-state index contributed by atoms with van der Waals surface area (Å²) < 4.78 is 0. The Morgan fingerprint density at radius 3 is 1.37 bits per heavy atom. The fraction of sp³-hybridized carbons (Fsp3) is 0. The maximum absolute atomic E-state index is 2.38. The van der Waals surface area contributed by atoms with Gasteiger partial charge >= 0.3 is 0 Å². The van der Waals surface area contributed by atoms with Crippen molar-refractivity contribution >= 4 is 43.1 Å². The predicted molar refractivity (Wildman–Crippen MR) is 198 cm³/mol. The molecule has 0 bridgehead atoms. The molecule has 0 aromatic heterocycles. The number of hydrogen-bond donors (Lipinski definition) is 0. The predicted octanol–water partition coefficient (Wildman–Crippen LogP) is 13.0. The molecular formula is C46H30. The second kappa shape index (κ2) is 10.9. The number of hydrogen-bond acceptors (Lipinski definition) is 0. The van der Waals surface area contributed by atoms with E-state index < -0.39 is 0 Å². The molecule has 0 aliphatic carbocycles. The molecule has 9 rings (SSSR count). The summed E-state index contributed by atoms with van der Waals surface area (Å²) in [6.07, 6.45) is 0. The van der Waals surface area contributed by atoms with Crippen molar-refractivity contribution in [1.82, 2.24) is 0 Å². The molecule has 0 saturated carbocycles. The van der Waals surface area contributed by atoms with Crippen molar-refractivity contribution in [3.05, 3.63) is 182 Å². The molecule has 0 radical (unpaired) electrons. The van der Waals surface area contributed by atoms with Gasteiger partial charge in [0.25, 0.3) is 0 Å². The minimum Gasteiger partial charge on any atom is -0.0616 e. The summed E-state index contributed by atoms with van der Waals surface area (Å²) in [6, 6.07) is 66.5. The first-order valence-corrected chi connectivity index (χ1v) is 15.9. The molecule has 0 heterocycles. The minimum absolute atomic E-state index is 1.22. The summed E-state index contributed by atoms with van der Waals surface area (Å²) >= 11 is 0. The van der Waals surface area contributed by atoms with E-state index in [2.05, 4.69) is 182 Å². The second-order valence-electron chi connectivity index (χ2n) is 12.1. The van der Waals surface area contributed by atoms with E-state index >= 15 is 0 Å². The standard InChI is InChI=1S/C46H30/c1-2-15-33-29-35(28-27-31(33)13-1)39-21-6-5-20-38(39)34-17-11-18-36(30-34)45-41-22-7-9-24-43(41)46(44-25-10-8-23-42(44)45)40-26-12-16-32-14-3-4-19-37(32)40/h1-30H. The van der Waals surface area contributed by atoms with Crippen molar-refractivity contribution < 1.29 is 0 Å². The van der Waals surface area contributed by atoms with Crippen LogP contribution in [0, 0.1) is 0 Å². The molecule has 9 aromatic carbocycles. The largest absolute Gasteiger partial charge is 0.0616 e. The van der Waals surface area contributed by atoms with Gasteiger partial charge in [0.2, 0.25) is 0 Å². The normalized spacial score (nSPS) is 11.5. The average Bonchev–Trinajstić information content (AvgIpc) is 3.13. The zero-order valence-corrected chi connectivity index (χ0v) is 25.3. The van der Waals surface area contributed by atoms with E-state index in [0.717, 1.165) is 0 Å². The summed E-state index contributed by atoms with van der Waals surface area (Å²) in [5.41, 5.74) is 10.00. The number of benzene rings is 9. The third-order valence-electron chi connectivity index (χ3n) is 9.44. The Labute approximate surface area is 268 Å². The summed E-state index contributed by atoms with van der Waals surface area (Å²) in [7, 11) is 0. The smallest absolute Gasteiger partial charge is 0.00201 e. The van der Waals surface area contributed by atoms with Crippen LogP contribution >= 0.6 is 0 Å². The van der Waals surface area contributed by atoms with Gasteiger partial charge in [0.1, 0.15) is 0 Å². The Morgan fingerprint density at radius 1 is 0.217 bits per heavy atom. The molecule has 0 nitrogen and oxygen atoms in total. The van der Waals surface area contributed by atoms with Crippen molar-refractivity contribution in [2.45, 2.75) is 0 Å². The van der Waals surface area contributed by atoms with E-state index in [-0.39, 0.29) is 0 Å². The van der Waals surface area contributed by atoms with Crippen LogP contribution in [0.4, 0.5) is 0 Å². The molecule has 214 valence electrons. The third kappa shape index (κ3) is 4.30. The van der Waals surface area contributed by atoms with Crippen molar-refractivity contribution in [3.63, 3.8) is 0 Å². The van der Waals surface area contributed by atoms with Crippen LogP contribution < -0.4 is 0 Å². The van der Waals surface area contributed by atoms with Gasteiger partial charge in [-0.2, -0.15) is 0 Å². The van der Waals surface area contributed by atoms with E-state index in [1.54, 1.807) is 0 Å². The highest BCUT2D eigenvalue weighted by Gasteiger charge is 2.18. The average molecular weight is 583 g/mol. The van der Waals surface area contributed by atoms with Crippen molar-refractivity contribution in [1.29, 1.82) is 0 Å². The van der Waals surface area contributed by atoms with Crippen LogP contribution in [-0.4, -0.2) is 0 Å². The van der Waals surface area contributed by atoms with Crippen LogP contribution in [-0.2, 0) is 0 Å². The van der Waals surface area contributed by atoms with Gasteiger partial charge in [-0.25, -0.2) is 0 Å². The lowest BCUT2D eigenvalue weighted by Crippen LogP contribution is -1.92. The molecule has 9 aromatic rings. The lowest BCUT2D eigenvalue weighted by atomic mass is 9.84. The molecule has 0 fully saturated rings. The molecule has 0 aliphatic rings.